The largest absolute Gasteiger partial charge is 0.550 e. The summed E-state index contributed by atoms with van der Waals surface area (Å²) in [4.78, 5) is 19.6. The summed E-state index contributed by atoms with van der Waals surface area (Å²) in [7, 11) is 0. The van der Waals surface area contributed by atoms with Crippen LogP contribution in [0.2, 0.25) is 0 Å². The van der Waals surface area contributed by atoms with E-state index in [9.17, 15) is 19.8 Å². The highest BCUT2D eigenvalue weighted by atomic mass is 35.5. The molecule has 0 aliphatic heterocycles. The summed E-state index contributed by atoms with van der Waals surface area (Å²) in [5.74, 6) is -3.49. The summed E-state index contributed by atoms with van der Waals surface area (Å²) in [6.45, 7) is 0. The third-order valence-electron chi connectivity index (χ3n) is 0.665. The lowest BCUT2D eigenvalue weighted by Gasteiger charge is -2.20. The van der Waals surface area contributed by atoms with Crippen molar-refractivity contribution >= 4 is 35.1 Å². The molecule has 0 fully saturated rings. The topological polar surface area (TPSA) is 80.3 Å². The quantitative estimate of drug-likeness (QED) is 0.478. The van der Waals surface area contributed by atoms with E-state index in [0.717, 1.165) is 0 Å². The number of carbonyl (C=O) groups excluding carboxylic acids is 2. The van der Waals surface area contributed by atoms with E-state index >= 15 is 0 Å². The first-order valence-corrected chi connectivity index (χ1v) is 2.91. The average Bonchev–Trinajstić information content (AvgIpc) is 1.60. The molecule has 0 amide bonds. The van der Waals surface area contributed by atoms with Gasteiger partial charge in [0.2, 0.25) is 0 Å². The lowest BCUT2D eigenvalue weighted by molar-refractivity contribution is -0.316. The Morgan fingerprint density at radius 3 is 1.80 bits per heavy atom. The highest BCUT2D eigenvalue weighted by Crippen LogP contribution is 2.23. The van der Waals surface area contributed by atoms with Gasteiger partial charge in [-0.3, -0.25) is 0 Å². The minimum atomic E-state index is -2.39. The van der Waals surface area contributed by atoms with Crippen molar-refractivity contribution < 1.29 is 19.8 Å². The van der Waals surface area contributed by atoms with Crippen LogP contribution in [0.15, 0.2) is 0 Å². The van der Waals surface area contributed by atoms with Gasteiger partial charge < -0.3 is 19.8 Å². The highest BCUT2D eigenvalue weighted by Gasteiger charge is 2.25. The summed E-state index contributed by atoms with van der Waals surface area (Å²) in [6.07, 6.45) is -0.988. The van der Waals surface area contributed by atoms with Gasteiger partial charge >= 0.3 is 0 Å². The molecule has 0 bridgehead atoms. The SMILES string of the molecule is O=C([O-])CC(Cl)(Cl)C(=O)[O-]. The maximum Gasteiger partial charge on any atom is 0.162 e. The molecule has 0 N–H and O–H groups in total. The van der Waals surface area contributed by atoms with Crippen LogP contribution in [0.25, 0.3) is 0 Å². The normalized spacial score (nSPS) is 11.0. The van der Waals surface area contributed by atoms with Crippen LogP contribution in [-0.2, 0) is 9.59 Å². The van der Waals surface area contributed by atoms with Gasteiger partial charge in [-0.2, -0.15) is 0 Å². The molecule has 0 rings (SSSR count). The molecule has 0 saturated carbocycles. The van der Waals surface area contributed by atoms with Crippen molar-refractivity contribution in [1.82, 2.24) is 0 Å². The van der Waals surface area contributed by atoms with Crippen molar-refractivity contribution in [3.8, 4) is 0 Å². The number of carbonyl (C=O) groups is 2. The van der Waals surface area contributed by atoms with Gasteiger partial charge in [-0.15, -0.1) is 0 Å². The van der Waals surface area contributed by atoms with Gasteiger partial charge in [0.1, 0.15) is 0 Å². The number of halogens is 2. The minimum Gasteiger partial charge on any atom is -0.550 e. The minimum absolute atomic E-state index is 0.988. The highest BCUT2D eigenvalue weighted by molar-refractivity contribution is 6.57. The smallest absolute Gasteiger partial charge is 0.162 e. The zero-order valence-electron chi connectivity index (χ0n) is 4.60. The molecule has 0 aliphatic rings. The van der Waals surface area contributed by atoms with E-state index in [4.69, 9.17) is 23.2 Å². The predicted molar refractivity (Wildman–Crippen MR) is 29.1 cm³/mol. The van der Waals surface area contributed by atoms with Crippen LogP contribution < -0.4 is 10.2 Å². The summed E-state index contributed by atoms with van der Waals surface area (Å²) < 4.78 is -2.39. The standard InChI is InChI=1S/C4H4Cl2O4/c5-4(6,3(9)10)1-2(7)8/h1H2,(H,7,8)(H,9,10)/p-2. The zero-order chi connectivity index (χ0) is 8.36. The monoisotopic (exact) mass is 184 g/mol. The Kier molecular flexibility index (Phi) is 2.93. The van der Waals surface area contributed by atoms with Crippen LogP contribution in [0.1, 0.15) is 6.42 Å². The van der Waals surface area contributed by atoms with Gasteiger partial charge in [-0.1, -0.05) is 23.2 Å². The van der Waals surface area contributed by atoms with Crippen molar-refractivity contribution in [3.63, 3.8) is 0 Å². The maximum atomic E-state index is 9.89. The fourth-order valence-corrected chi connectivity index (χ4v) is 0.472. The van der Waals surface area contributed by atoms with Gasteiger partial charge in [-0.25, -0.2) is 0 Å². The van der Waals surface area contributed by atoms with E-state index in [-0.39, 0.29) is 0 Å². The molecule has 58 valence electrons. The molecule has 0 unspecified atom stereocenters. The van der Waals surface area contributed by atoms with E-state index in [1.165, 1.54) is 0 Å². The van der Waals surface area contributed by atoms with Crippen molar-refractivity contribution in [2.45, 2.75) is 10.8 Å². The molecule has 0 aromatic rings. The third-order valence-corrected chi connectivity index (χ3v) is 1.24. The summed E-state index contributed by atoms with van der Waals surface area (Å²) in [5, 5.41) is 19.6. The van der Waals surface area contributed by atoms with Crippen LogP contribution in [0, 0.1) is 0 Å². The number of carboxylic acids is 2. The Hall–Kier alpha value is -0.480. The number of rotatable bonds is 3. The van der Waals surface area contributed by atoms with Gasteiger partial charge in [-0.05, 0) is 0 Å². The fraction of sp³-hybridized carbons (Fsp3) is 0.500. The molecular weight excluding hydrogens is 183 g/mol. The van der Waals surface area contributed by atoms with Crippen molar-refractivity contribution in [2.75, 3.05) is 0 Å². The number of hydrogen-bond acceptors (Lipinski definition) is 4. The van der Waals surface area contributed by atoms with Gasteiger partial charge in [0, 0.05) is 12.4 Å². The van der Waals surface area contributed by atoms with Gasteiger partial charge in [0.25, 0.3) is 0 Å². The Labute approximate surface area is 66.4 Å². The molecule has 10 heavy (non-hydrogen) atoms. The second-order valence-electron chi connectivity index (χ2n) is 1.54. The van der Waals surface area contributed by atoms with Crippen LogP contribution in [-0.4, -0.2) is 16.3 Å². The molecule has 0 radical (unpaired) electrons. The van der Waals surface area contributed by atoms with Crippen LogP contribution >= 0.6 is 23.2 Å². The average molecular weight is 185 g/mol. The molecule has 0 saturated heterocycles. The van der Waals surface area contributed by atoms with Crippen LogP contribution in [0.3, 0.4) is 0 Å². The van der Waals surface area contributed by atoms with Gasteiger partial charge in [0.15, 0.2) is 4.33 Å². The second kappa shape index (κ2) is 3.07. The molecular formula is C4H2Cl2O4-2. The number of aliphatic carboxylic acids is 2. The van der Waals surface area contributed by atoms with E-state index in [1.54, 1.807) is 0 Å². The van der Waals surface area contributed by atoms with Crippen molar-refractivity contribution in [3.05, 3.63) is 0 Å². The predicted octanol–water partition coefficient (Wildman–Crippen LogP) is -1.95. The Morgan fingerprint density at radius 1 is 1.30 bits per heavy atom. The van der Waals surface area contributed by atoms with Crippen molar-refractivity contribution in [1.29, 1.82) is 0 Å². The number of hydrogen-bond donors (Lipinski definition) is 0. The van der Waals surface area contributed by atoms with E-state index in [1.807, 2.05) is 0 Å². The molecule has 0 spiro atoms. The number of alkyl halides is 2. The number of carboxylic acid groups (broad SMARTS) is 2. The zero-order valence-corrected chi connectivity index (χ0v) is 6.11. The molecule has 6 heteroatoms. The summed E-state index contributed by atoms with van der Waals surface area (Å²) >= 11 is 9.90. The lowest BCUT2D eigenvalue weighted by Crippen LogP contribution is -2.43. The first-order valence-electron chi connectivity index (χ1n) is 2.15. The molecule has 0 atom stereocenters. The second-order valence-corrected chi connectivity index (χ2v) is 3.02. The molecule has 4 nitrogen and oxygen atoms in total. The Balaban J connectivity index is 4.13. The summed E-state index contributed by atoms with van der Waals surface area (Å²) in [5.41, 5.74) is 0. The van der Waals surface area contributed by atoms with Gasteiger partial charge in [0.05, 0.1) is 5.97 Å². The fourth-order valence-electron chi connectivity index (χ4n) is 0.253. The van der Waals surface area contributed by atoms with E-state index in [2.05, 4.69) is 0 Å². The molecule has 0 aromatic heterocycles. The first-order chi connectivity index (χ1) is 4.36. The Morgan fingerprint density at radius 2 is 1.70 bits per heavy atom. The lowest BCUT2D eigenvalue weighted by atomic mass is 10.3. The summed E-state index contributed by atoms with van der Waals surface area (Å²) in [6, 6.07) is 0. The Bertz CT molecular complexity index is 165. The molecule has 0 heterocycles. The maximum absolute atomic E-state index is 9.89. The first kappa shape index (κ1) is 9.52. The van der Waals surface area contributed by atoms with E-state index in [0.29, 0.717) is 0 Å². The molecule has 0 aromatic carbocycles. The van der Waals surface area contributed by atoms with Crippen molar-refractivity contribution in [2.24, 2.45) is 0 Å². The van der Waals surface area contributed by atoms with E-state index < -0.39 is 22.7 Å². The van der Waals surface area contributed by atoms with Crippen LogP contribution in [0.5, 0.6) is 0 Å². The molecule has 0 aliphatic carbocycles. The third kappa shape index (κ3) is 2.89. The van der Waals surface area contributed by atoms with Crippen LogP contribution in [0.4, 0.5) is 0 Å².